The number of likely N-dealkylation sites (tertiary alicyclic amines) is 2. The molecule has 126 valence electrons. The lowest BCUT2D eigenvalue weighted by Crippen LogP contribution is -2.71. The number of hydrogen-bond donors (Lipinski definition) is 0. The van der Waals surface area contributed by atoms with E-state index in [1.807, 2.05) is 18.2 Å². The number of hydrogen-bond acceptors (Lipinski definition) is 3. The van der Waals surface area contributed by atoms with Crippen LogP contribution in [0.15, 0.2) is 48.5 Å². The summed E-state index contributed by atoms with van der Waals surface area (Å²) in [5, 5.41) is 0.811. The largest absolute Gasteiger partial charge is 0.497 e. The smallest absolute Gasteiger partial charge is 0.119 e. The van der Waals surface area contributed by atoms with Gasteiger partial charge in [-0.1, -0.05) is 35.9 Å². The van der Waals surface area contributed by atoms with E-state index in [0.717, 1.165) is 23.9 Å². The Bertz CT molecular complexity index is 702. The molecule has 0 unspecified atom stereocenters. The molecule has 2 aliphatic rings. The number of halogens is 1. The van der Waals surface area contributed by atoms with Crippen LogP contribution in [-0.2, 0) is 13.1 Å². The summed E-state index contributed by atoms with van der Waals surface area (Å²) in [4.78, 5) is 5.07. The molecule has 0 radical (unpaired) electrons. The summed E-state index contributed by atoms with van der Waals surface area (Å²) in [6, 6.07) is 16.6. The molecular formula is C20H23ClN2O. The molecule has 2 heterocycles. The van der Waals surface area contributed by atoms with Crippen LogP contribution in [0.4, 0.5) is 0 Å². The van der Waals surface area contributed by atoms with Gasteiger partial charge in [0.1, 0.15) is 5.75 Å². The molecular weight excluding hydrogens is 320 g/mol. The second kappa shape index (κ2) is 6.40. The zero-order valence-electron chi connectivity index (χ0n) is 14.0. The summed E-state index contributed by atoms with van der Waals surface area (Å²) in [7, 11) is 1.72. The van der Waals surface area contributed by atoms with Crippen molar-refractivity contribution in [3.63, 3.8) is 0 Å². The fraction of sp³-hybridized carbons (Fsp3) is 0.400. The number of benzene rings is 2. The van der Waals surface area contributed by atoms with Gasteiger partial charge in [0.05, 0.1) is 7.11 Å². The molecule has 4 heteroatoms. The van der Waals surface area contributed by atoms with Gasteiger partial charge in [-0.15, -0.1) is 0 Å². The highest BCUT2D eigenvalue weighted by atomic mass is 35.5. The van der Waals surface area contributed by atoms with Crippen LogP contribution in [0, 0.1) is 5.41 Å². The Labute approximate surface area is 148 Å². The maximum absolute atomic E-state index is 5.95. The van der Waals surface area contributed by atoms with Crippen molar-refractivity contribution >= 4 is 11.6 Å². The van der Waals surface area contributed by atoms with Crippen LogP contribution in [0.25, 0.3) is 0 Å². The maximum atomic E-state index is 5.95. The van der Waals surface area contributed by atoms with E-state index in [1.165, 1.54) is 37.3 Å². The molecule has 0 aromatic heterocycles. The Balaban J connectivity index is 1.24. The molecule has 1 spiro atoms. The highest BCUT2D eigenvalue weighted by molar-refractivity contribution is 6.30. The van der Waals surface area contributed by atoms with Gasteiger partial charge in [-0.2, -0.15) is 0 Å². The monoisotopic (exact) mass is 342 g/mol. The summed E-state index contributed by atoms with van der Waals surface area (Å²) in [5.74, 6) is 0.945. The molecule has 2 aliphatic heterocycles. The van der Waals surface area contributed by atoms with E-state index in [4.69, 9.17) is 16.3 Å². The molecule has 3 nitrogen and oxygen atoms in total. The van der Waals surface area contributed by atoms with E-state index >= 15 is 0 Å². The summed E-state index contributed by atoms with van der Waals surface area (Å²) in [5.41, 5.74) is 3.22. The van der Waals surface area contributed by atoms with E-state index in [1.54, 1.807) is 7.11 Å². The highest BCUT2D eigenvalue weighted by Gasteiger charge is 2.51. The number of rotatable bonds is 5. The van der Waals surface area contributed by atoms with E-state index in [-0.39, 0.29) is 0 Å². The van der Waals surface area contributed by atoms with Gasteiger partial charge in [-0.3, -0.25) is 9.80 Å². The van der Waals surface area contributed by atoms with Crippen molar-refractivity contribution in [1.82, 2.24) is 9.80 Å². The third kappa shape index (κ3) is 3.30. The predicted molar refractivity (Wildman–Crippen MR) is 97.4 cm³/mol. The van der Waals surface area contributed by atoms with Crippen LogP contribution in [0.1, 0.15) is 11.1 Å². The minimum atomic E-state index is 0.533. The summed E-state index contributed by atoms with van der Waals surface area (Å²) in [6.45, 7) is 6.90. The van der Waals surface area contributed by atoms with Gasteiger partial charge in [0.2, 0.25) is 0 Å². The molecule has 0 amide bonds. The van der Waals surface area contributed by atoms with Crippen LogP contribution in [0.5, 0.6) is 5.75 Å². The van der Waals surface area contributed by atoms with E-state index in [0.29, 0.717) is 5.41 Å². The zero-order valence-corrected chi connectivity index (χ0v) is 14.8. The van der Waals surface area contributed by atoms with Crippen molar-refractivity contribution in [2.45, 2.75) is 13.1 Å². The second-order valence-electron chi connectivity index (χ2n) is 7.27. The Morgan fingerprint density at radius 1 is 0.917 bits per heavy atom. The maximum Gasteiger partial charge on any atom is 0.119 e. The molecule has 2 fully saturated rings. The minimum Gasteiger partial charge on any atom is -0.497 e. The van der Waals surface area contributed by atoms with Crippen molar-refractivity contribution in [3.05, 3.63) is 64.7 Å². The molecule has 0 saturated carbocycles. The van der Waals surface area contributed by atoms with Crippen LogP contribution in [0.3, 0.4) is 0 Å². The van der Waals surface area contributed by atoms with Crippen LogP contribution in [-0.4, -0.2) is 43.1 Å². The average Bonchev–Trinajstić information content (AvgIpc) is 2.53. The van der Waals surface area contributed by atoms with Gasteiger partial charge < -0.3 is 4.74 Å². The SMILES string of the molecule is COc1cccc(CN2CC3(CN(Cc4ccc(Cl)cc4)C3)C2)c1. The van der Waals surface area contributed by atoms with Gasteiger partial charge in [0, 0.05) is 49.7 Å². The lowest BCUT2D eigenvalue weighted by Gasteiger charge is -2.60. The normalized spacial score (nSPS) is 19.8. The summed E-state index contributed by atoms with van der Waals surface area (Å²) in [6.07, 6.45) is 0. The lowest BCUT2D eigenvalue weighted by molar-refractivity contribution is -0.121. The van der Waals surface area contributed by atoms with Crippen molar-refractivity contribution < 1.29 is 4.74 Å². The fourth-order valence-electron chi connectivity index (χ4n) is 4.11. The topological polar surface area (TPSA) is 15.7 Å². The number of nitrogens with zero attached hydrogens (tertiary/aromatic N) is 2. The standard InChI is InChI=1S/C20H23ClN2O/c1-24-19-4-2-3-17(9-19)11-23-14-20(15-23)12-22(13-20)10-16-5-7-18(21)8-6-16/h2-9H,10-15H2,1H3. The molecule has 2 aromatic rings. The average molecular weight is 343 g/mol. The Kier molecular flexibility index (Phi) is 4.25. The molecule has 24 heavy (non-hydrogen) atoms. The van der Waals surface area contributed by atoms with Gasteiger partial charge >= 0.3 is 0 Å². The van der Waals surface area contributed by atoms with Gasteiger partial charge in [0.25, 0.3) is 0 Å². The van der Waals surface area contributed by atoms with E-state index in [2.05, 4.69) is 40.1 Å². The number of ether oxygens (including phenoxy) is 1. The lowest BCUT2D eigenvalue weighted by atomic mass is 9.72. The van der Waals surface area contributed by atoms with E-state index < -0.39 is 0 Å². The molecule has 0 aliphatic carbocycles. The molecule has 0 atom stereocenters. The van der Waals surface area contributed by atoms with Gasteiger partial charge in [-0.05, 0) is 35.4 Å². The second-order valence-corrected chi connectivity index (χ2v) is 7.70. The van der Waals surface area contributed by atoms with Gasteiger partial charge in [0.15, 0.2) is 0 Å². The first-order valence-electron chi connectivity index (χ1n) is 8.46. The van der Waals surface area contributed by atoms with E-state index in [9.17, 15) is 0 Å². The zero-order chi connectivity index (χ0) is 16.6. The number of methoxy groups -OCH3 is 1. The van der Waals surface area contributed by atoms with Crippen molar-refractivity contribution in [3.8, 4) is 5.75 Å². The third-order valence-corrected chi connectivity index (χ3v) is 5.35. The Morgan fingerprint density at radius 2 is 1.54 bits per heavy atom. The first-order valence-corrected chi connectivity index (χ1v) is 8.84. The first-order chi connectivity index (χ1) is 11.6. The Morgan fingerprint density at radius 3 is 2.17 bits per heavy atom. The Hall–Kier alpha value is -1.55. The summed E-state index contributed by atoms with van der Waals surface area (Å²) < 4.78 is 5.31. The first kappa shape index (κ1) is 15.9. The van der Waals surface area contributed by atoms with Crippen molar-refractivity contribution in [2.75, 3.05) is 33.3 Å². The van der Waals surface area contributed by atoms with Crippen LogP contribution >= 0.6 is 11.6 Å². The van der Waals surface area contributed by atoms with Crippen LogP contribution in [0.2, 0.25) is 5.02 Å². The minimum absolute atomic E-state index is 0.533. The van der Waals surface area contributed by atoms with Crippen molar-refractivity contribution in [1.29, 1.82) is 0 Å². The third-order valence-electron chi connectivity index (χ3n) is 5.10. The summed E-state index contributed by atoms with van der Waals surface area (Å²) >= 11 is 5.95. The molecule has 0 N–H and O–H groups in total. The van der Waals surface area contributed by atoms with Crippen LogP contribution < -0.4 is 4.74 Å². The van der Waals surface area contributed by atoms with Crippen molar-refractivity contribution in [2.24, 2.45) is 5.41 Å². The molecule has 0 bridgehead atoms. The highest BCUT2D eigenvalue weighted by Crippen LogP contribution is 2.41. The van der Waals surface area contributed by atoms with Gasteiger partial charge in [-0.25, -0.2) is 0 Å². The fourth-order valence-corrected chi connectivity index (χ4v) is 4.23. The predicted octanol–water partition coefficient (Wildman–Crippen LogP) is 3.67. The quantitative estimate of drug-likeness (QED) is 0.824. The molecule has 2 aromatic carbocycles. The molecule has 4 rings (SSSR count). The molecule has 2 saturated heterocycles.